The molecule has 228 valence electrons. The molecule has 0 spiro atoms. The highest BCUT2D eigenvalue weighted by Crippen LogP contribution is 2.46. The van der Waals surface area contributed by atoms with Gasteiger partial charge in [0.1, 0.15) is 0 Å². The number of para-hydroxylation sites is 2. The molecule has 0 saturated heterocycles. The Bertz CT molecular complexity index is 2810. The lowest BCUT2D eigenvalue weighted by molar-refractivity contribution is 1.20. The molecule has 9 aromatic carbocycles. The van der Waals surface area contributed by atoms with Crippen LogP contribution in [0.4, 0.5) is 0 Å². The van der Waals surface area contributed by atoms with Crippen LogP contribution < -0.4 is 0 Å². The fourth-order valence-electron chi connectivity index (χ4n) is 8.09. The van der Waals surface area contributed by atoms with Crippen molar-refractivity contribution in [2.75, 3.05) is 0 Å². The van der Waals surface area contributed by atoms with Gasteiger partial charge in [0.15, 0.2) is 0 Å². The monoisotopic (exact) mass is 621 g/mol. The number of rotatable bonds is 4. The first-order valence-electron chi connectivity index (χ1n) is 17.0. The van der Waals surface area contributed by atoms with Gasteiger partial charge in [-0.15, -0.1) is 0 Å². The first-order valence-corrected chi connectivity index (χ1v) is 17.0. The normalized spacial score (nSPS) is 11.7. The third kappa shape index (κ3) is 4.26. The number of nitrogens with zero attached hydrogens (tertiary/aromatic N) is 1. The van der Waals surface area contributed by atoms with Gasteiger partial charge < -0.3 is 4.57 Å². The molecule has 0 atom stereocenters. The minimum atomic E-state index is 1.19. The average molecular weight is 622 g/mol. The van der Waals surface area contributed by atoms with Gasteiger partial charge in [-0.05, 0) is 84.6 Å². The van der Waals surface area contributed by atoms with E-state index in [4.69, 9.17) is 0 Å². The predicted octanol–water partition coefficient (Wildman–Crippen LogP) is 13.2. The van der Waals surface area contributed by atoms with E-state index in [1.165, 1.54) is 93.2 Å². The maximum Gasteiger partial charge on any atom is 0.0541 e. The fourth-order valence-corrected chi connectivity index (χ4v) is 8.09. The molecule has 0 amide bonds. The van der Waals surface area contributed by atoms with E-state index in [9.17, 15) is 0 Å². The SMILES string of the molecule is c1ccc(-c2c3ccccc3c(-c3ccccc3)c3cc(-c4ccc(-n5c6ccccc6c6ccccc65)c5ccccc45)ccc23)cc1. The van der Waals surface area contributed by atoms with Crippen LogP contribution in [0.15, 0.2) is 188 Å². The molecule has 1 nitrogen and oxygen atoms in total. The van der Waals surface area contributed by atoms with Gasteiger partial charge in [0.05, 0.1) is 16.7 Å². The van der Waals surface area contributed by atoms with Gasteiger partial charge in [-0.3, -0.25) is 0 Å². The molecule has 0 N–H and O–H groups in total. The summed E-state index contributed by atoms with van der Waals surface area (Å²) in [5, 5.41) is 10.1. The van der Waals surface area contributed by atoms with Crippen molar-refractivity contribution in [3.8, 4) is 39.1 Å². The first-order chi connectivity index (χ1) is 24.3. The van der Waals surface area contributed by atoms with Gasteiger partial charge in [0, 0.05) is 16.2 Å². The quantitative estimate of drug-likeness (QED) is 0.172. The smallest absolute Gasteiger partial charge is 0.0541 e. The molecule has 0 aliphatic rings. The Morgan fingerprint density at radius 3 is 1.31 bits per heavy atom. The number of aromatic nitrogens is 1. The Morgan fingerprint density at radius 2 is 0.714 bits per heavy atom. The Morgan fingerprint density at radius 1 is 0.265 bits per heavy atom. The maximum absolute atomic E-state index is 2.43. The van der Waals surface area contributed by atoms with Crippen LogP contribution >= 0.6 is 0 Å². The summed E-state index contributed by atoms with van der Waals surface area (Å²) in [6.07, 6.45) is 0. The van der Waals surface area contributed by atoms with Crippen molar-refractivity contribution in [1.29, 1.82) is 0 Å². The van der Waals surface area contributed by atoms with E-state index in [-0.39, 0.29) is 0 Å². The molecule has 0 radical (unpaired) electrons. The van der Waals surface area contributed by atoms with E-state index < -0.39 is 0 Å². The molecular formula is C48H31N. The summed E-state index contributed by atoms with van der Waals surface area (Å²) >= 11 is 0. The highest BCUT2D eigenvalue weighted by molar-refractivity contribution is 6.22. The summed E-state index contributed by atoms with van der Waals surface area (Å²) in [7, 11) is 0. The summed E-state index contributed by atoms with van der Waals surface area (Å²) < 4.78 is 2.43. The zero-order valence-electron chi connectivity index (χ0n) is 26.8. The molecule has 1 aromatic heterocycles. The van der Waals surface area contributed by atoms with Crippen molar-refractivity contribution < 1.29 is 0 Å². The Labute approximate surface area is 284 Å². The molecule has 0 saturated carbocycles. The van der Waals surface area contributed by atoms with E-state index in [2.05, 4.69) is 193 Å². The lowest BCUT2D eigenvalue weighted by Gasteiger charge is -2.19. The van der Waals surface area contributed by atoms with E-state index in [0.717, 1.165) is 0 Å². The zero-order chi connectivity index (χ0) is 32.3. The maximum atomic E-state index is 2.43. The second-order valence-corrected chi connectivity index (χ2v) is 12.8. The summed E-state index contributed by atoms with van der Waals surface area (Å²) in [6.45, 7) is 0. The minimum absolute atomic E-state index is 1.19. The van der Waals surface area contributed by atoms with Crippen LogP contribution in [0.5, 0.6) is 0 Å². The Hall–Kier alpha value is -6.44. The minimum Gasteiger partial charge on any atom is -0.309 e. The Balaban J connectivity index is 1.27. The number of hydrogen-bond acceptors (Lipinski definition) is 0. The molecule has 10 rings (SSSR count). The molecule has 0 unspecified atom stereocenters. The fraction of sp³-hybridized carbons (Fsp3) is 0. The first kappa shape index (κ1) is 27.7. The molecule has 0 aliphatic heterocycles. The van der Waals surface area contributed by atoms with Gasteiger partial charge in [0.25, 0.3) is 0 Å². The zero-order valence-corrected chi connectivity index (χ0v) is 26.8. The third-order valence-electron chi connectivity index (χ3n) is 10.2. The largest absolute Gasteiger partial charge is 0.309 e. The van der Waals surface area contributed by atoms with Crippen LogP contribution in [0.2, 0.25) is 0 Å². The van der Waals surface area contributed by atoms with Crippen LogP contribution in [-0.4, -0.2) is 4.57 Å². The summed E-state index contributed by atoms with van der Waals surface area (Å²) in [4.78, 5) is 0. The topological polar surface area (TPSA) is 4.93 Å². The van der Waals surface area contributed by atoms with Gasteiger partial charge in [-0.25, -0.2) is 0 Å². The molecular weight excluding hydrogens is 591 g/mol. The Kier molecular flexibility index (Phi) is 6.25. The summed E-state index contributed by atoms with van der Waals surface area (Å²) in [5.41, 5.74) is 11.1. The van der Waals surface area contributed by atoms with Gasteiger partial charge >= 0.3 is 0 Å². The standard InChI is InChI=1S/C48H31N/c1-3-15-32(16-4-1)47-40-23-9-10-24-41(40)48(33-17-5-2-6-18-33)43-31-34(27-28-42(43)47)35-29-30-46(37-20-8-7-19-36(35)37)49-44-25-13-11-21-38(44)39-22-12-14-26-45(39)49/h1-31H. The number of hydrogen-bond donors (Lipinski definition) is 0. The molecule has 0 aliphatic carbocycles. The van der Waals surface area contributed by atoms with Crippen molar-refractivity contribution >= 4 is 54.1 Å². The van der Waals surface area contributed by atoms with E-state index in [1.807, 2.05) is 0 Å². The summed E-state index contributed by atoms with van der Waals surface area (Å²) in [6, 6.07) is 68.7. The molecule has 0 fully saturated rings. The van der Waals surface area contributed by atoms with Crippen molar-refractivity contribution in [1.82, 2.24) is 4.57 Å². The van der Waals surface area contributed by atoms with Gasteiger partial charge in [-0.2, -0.15) is 0 Å². The molecule has 49 heavy (non-hydrogen) atoms. The highest BCUT2D eigenvalue weighted by Gasteiger charge is 2.19. The van der Waals surface area contributed by atoms with E-state index in [0.29, 0.717) is 0 Å². The van der Waals surface area contributed by atoms with Crippen molar-refractivity contribution in [2.45, 2.75) is 0 Å². The van der Waals surface area contributed by atoms with Crippen LogP contribution in [0.1, 0.15) is 0 Å². The van der Waals surface area contributed by atoms with Crippen LogP contribution in [0, 0.1) is 0 Å². The van der Waals surface area contributed by atoms with Gasteiger partial charge in [-0.1, -0.05) is 164 Å². The average Bonchev–Trinajstić information content (AvgIpc) is 3.51. The second kappa shape index (κ2) is 11.1. The molecule has 1 heteroatoms. The van der Waals surface area contributed by atoms with Crippen LogP contribution in [0.25, 0.3) is 93.2 Å². The summed E-state index contributed by atoms with van der Waals surface area (Å²) in [5.74, 6) is 0. The molecule has 1 heterocycles. The van der Waals surface area contributed by atoms with Crippen LogP contribution in [0.3, 0.4) is 0 Å². The number of benzene rings is 9. The van der Waals surface area contributed by atoms with E-state index in [1.54, 1.807) is 0 Å². The van der Waals surface area contributed by atoms with Gasteiger partial charge in [0.2, 0.25) is 0 Å². The molecule has 0 bridgehead atoms. The lowest BCUT2D eigenvalue weighted by atomic mass is 9.84. The van der Waals surface area contributed by atoms with Crippen LogP contribution in [-0.2, 0) is 0 Å². The van der Waals surface area contributed by atoms with E-state index >= 15 is 0 Å². The van der Waals surface area contributed by atoms with Crippen molar-refractivity contribution in [3.63, 3.8) is 0 Å². The third-order valence-corrected chi connectivity index (χ3v) is 10.2. The number of fused-ring (bicyclic) bond motifs is 6. The predicted molar refractivity (Wildman–Crippen MR) is 210 cm³/mol. The lowest BCUT2D eigenvalue weighted by Crippen LogP contribution is -1.96. The van der Waals surface area contributed by atoms with Crippen molar-refractivity contribution in [2.24, 2.45) is 0 Å². The highest BCUT2D eigenvalue weighted by atomic mass is 15.0. The van der Waals surface area contributed by atoms with Crippen molar-refractivity contribution in [3.05, 3.63) is 188 Å². The second-order valence-electron chi connectivity index (χ2n) is 12.8. The molecule has 10 aromatic rings.